The van der Waals surface area contributed by atoms with Crippen LogP contribution in [0.15, 0.2) is 48.8 Å². The predicted molar refractivity (Wildman–Crippen MR) is 89.2 cm³/mol. The van der Waals surface area contributed by atoms with Gasteiger partial charge in [0.15, 0.2) is 5.11 Å². The van der Waals surface area contributed by atoms with E-state index in [1.165, 1.54) is 5.56 Å². The molecule has 0 spiro atoms. The largest absolute Gasteiger partial charge is 0.332 e. The van der Waals surface area contributed by atoms with Crippen molar-refractivity contribution in [1.82, 2.24) is 4.98 Å². The maximum absolute atomic E-state index is 5.35. The van der Waals surface area contributed by atoms with Gasteiger partial charge >= 0.3 is 0 Å². The number of benzene rings is 1. The number of aromatic nitrogens is 1. The van der Waals surface area contributed by atoms with E-state index in [2.05, 4.69) is 47.7 Å². The summed E-state index contributed by atoms with van der Waals surface area (Å²) in [6.07, 6.45) is 4.58. The molecule has 0 amide bonds. The average Bonchev–Trinajstić information content (AvgIpc) is 2.48. The summed E-state index contributed by atoms with van der Waals surface area (Å²) >= 11 is 5.35. The second-order valence-electron chi connectivity index (χ2n) is 4.72. The van der Waals surface area contributed by atoms with Crippen molar-refractivity contribution in [3.05, 3.63) is 54.4 Å². The van der Waals surface area contributed by atoms with E-state index >= 15 is 0 Å². The smallest absolute Gasteiger partial charge is 0.175 e. The summed E-state index contributed by atoms with van der Waals surface area (Å²) in [5, 5.41) is 6.98. The van der Waals surface area contributed by atoms with Gasteiger partial charge in [-0.05, 0) is 48.3 Å². The first-order valence-corrected chi connectivity index (χ1v) is 7.18. The van der Waals surface area contributed by atoms with Gasteiger partial charge in [0.25, 0.3) is 0 Å². The van der Waals surface area contributed by atoms with E-state index in [4.69, 9.17) is 12.2 Å². The first kappa shape index (κ1) is 14.5. The van der Waals surface area contributed by atoms with E-state index in [-0.39, 0.29) is 0 Å². The quantitative estimate of drug-likeness (QED) is 0.816. The van der Waals surface area contributed by atoms with Gasteiger partial charge in [0, 0.05) is 11.9 Å². The average molecular weight is 285 g/mol. The molecule has 3 nitrogen and oxygen atoms in total. The molecule has 4 heteroatoms. The summed E-state index contributed by atoms with van der Waals surface area (Å²) in [7, 11) is 0. The van der Waals surface area contributed by atoms with Crippen LogP contribution in [0.25, 0.3) is 0 Å². The number of nitrogens with one attached hydrogen (secondary N) is 2. The number of thiocarbonyl (C=S) groups is 1. The topological polar surface area (TPSA) is 37.0 Å². The van der Waals surface area contributed by atoms with Crippen LogP contribution in [-0.4, -0.2) is 10.1 Å². The first-order valence-electron chi connectivity index (χ1n) is 6.77. The molecule has 2 aromatic rings. The van der Waals surface area contributed by atoms with Crippen molar-refractivity contribution in [2.45, 2.75) is 26.2 Å². The summed E-state index contributed by atoms with van der Waals surface area (Å²) in [5.41, 5.74) is 3.22. The molecule has 0 radical (unpaired) electrons. The SMILES string of the molecule is CC[C@@H](C)c1ccccc1NC(=S)Nc1cccnc1. The highest BCUT2D eigenvalue weighted by molar-refractivity contribution is 7.80. The Morgan fingerprint density at radius 3 is 2.70 bits per heavy atom. The molecule has 2 N–H and O–H groups in total. The molecular weight excluding hydrogens is 266 g/mol. The van der Waals surface area contributed by atoms with Gasteiger partial charge in [-0.25, -0.2) is 0 Å². The molecule has 0 aliphatic carbocycles. The van der Waals surface area contributed by atoms with Crippen LogP contribution in [0.4, 0.5) is 11.4 Å². The van der Waals surface area contributed by atoms with Crippen molar-refractivity contribution in [2.24, 2.45) is 0 Å². The zero-order valence-corrected chi connectivity index (χ0v) is 12.6. The number of hydrogen-bond acceptors (Lipinski definition) is 2. The van der Waals surface area contributed by atoms with Gasteiger partial charge in [0.2, 0.25) is 0 Å². The minimum atomic E-state index is 0.500. The lowest BCUT2D eigenvalue weighted by Gasteiger charge is -2.17. The third kappa shape index (κ3) is 3.78. The molecular formula is C16H19N3S. The van der Waals surface area contributed by atoms with E-state index in [0.29, 0.717) is 11.0 Å². The minimum absolute atomic E-state index is 0.500. The molecule has 1 heterocycles. The van der Waals surface area contributed by atoms with E-state index in [1.807, 2.05) is 18.2 Å². The molecule has 0 fully saturated rings. The van der Waals surface area contributed by atoms with Crippen molar-refractivity contribution in [2.75, 3.05) is 10.6 Å². The van der Waals surface area contributed by atoms with Crippen LogP contribution in [0.2, 0.25) is 0 Å². The van der Waals surface area contributed by atoms with Crippen LogP contribution in [0, 0.1) is 0 Å². The van der Waals surface area contributed by atoms with Crippen molar-refractivity contribution in [3.63, 3.8) is 0 Å². The van der Waals surface area contributed by atoms with E-state index in [1.54, 1.807) is 12.4 Å². The van der Waals surface area contributed by atoms with Gasteiger partial charge in [-0.2, -0.15) is 0 Å². The van der Waals surface area contributed by atoms with Crippen LogP contribution >= 0.6 is 12.2 Å². The lowest BCUT2D eigenvalue weighted by molar-refractivity contribution is 0.736. The van der Waals surface area contributed by atoms with Crippen LogP contribution in [0.3, 0.4) is 0 Å². The Hall–Kier alpha value is -1.94. The van der Waals surface area contributed by atoms with Gasteiger partial charge in [0.1, 0.15) is 0 Å². The fraction of sp³-hybridized carbons (Fsp3) is 0.250. The van der Waals surface area contributed by atoms with Gasteiger partial charge in [-0.15, -0.1) is 0 Å². The minimum Gasteiger partial charge on any atom is -0.332 e. The maximum atomic E-state index is 5.35. The van der Waals surface area contributed by atoms with Gasteiger partial charge in [-0.3, -0.25) is 4.98 Å². The molecule has 0 bridgehead atoms. The summed E-state index contributed by atoms with van der Waals surface area (Å²) < 4.78 is 0. The van der Waals surface area contributed by atoms with Crippen LogP contribution in [-0.2, 0) is 0 Å². The van der Waals surface area contributed by atoms with E-state index in [9.17, 15) is 0 Å². The van der Waals surface area contributed by atoms with Crippen molar-refractivity contribution >= 4 is 28.7 Å². The Morgan fingerprint density at radius 1 is 1.20 bits per heavy atom. The van der Waals surface area contributed by atoms with Crippen LogP contribution in [0.1, 0.15) is 31.7 Å². The first-order chi connectivity index (χ1) is 9.70. The Bertz CT molecular complexity index is 569. The van der Waals surface area contributed by atoms with Crippen molar-refractivity contribution in [1.29, 1.82) is 0 Å². The molecule has 0 saturated carbocycles. The second-order valence-corrected chi connectivity index (χ2v) is 5.13. The second kappa shape index (κ2) is 7.01. The van der Waals surface area contributed by atoms with Crippen molar-refractivity contribution in [3.8, 4) is 0 Å². The standard InChI is InChI=1S/C16H19N3S/c1-3-12(2)14-8-4-5-9-15(14)19-16(20)18-13-7-6-10-17-11-13/h4-12H,3H2,1-2H3,(H2,18,19,20)/t12-/m1/s1. The highest BCUT2D eigenvalue weighted by Gasteiger charge is 2.09. The maximum Gasteiger partial charge on any atom is 0.175 e. The zero-order chi connectivity index (χ0) is 14.4. The van der Waals surface area contributed by atoms with Gasteiger partial charge < -0.3 is 10.6 Å². The van der Waals surface area contributed by atoms with Gasteiger partial charge in [0.05, 0.1) is 11.9 Å². The highest BCUT2D eigenvalue weighted by atomic mass is 32.1. The lowest BCUT2D eigenvalue weighted by atomic mass is 9.97. The third-order valence-corrected chi connectivity index (χ3v) is 3.48. The molecule has 2 rings (SSSR count). The van der Waals surface area contributed by atoms with E-state index < -0.39 is 0 Å². The zero-order valence-electron chi connectivity index (χ0n) is 11.8. The summed E-state index contributed by atoms with van der Waals surface area (Å²) in [6, 6.07) is 12.1. The fourth-order valence-electron chi connectivity index (χ4n) is 1.98. The Balaban J connectivity index is 2.08. The van der Waals surface area contributed by atoms with Gasteiger partial charge in [-0.1, -0.05) is 32.0 Å². The number of rotatable bonds is 4. The molecule has 20 heavy (non-hydrogen) atoms. The predicted octanol–water partition coefficient (Wildman–Crippen LogP) is 4.40. The number of para-hydroxylation sites is 1. The molecule has 1 atom stereocenters. The normalized spacial score (nSPS) is 11.7. The molecule has 1 aromatic carbocycles. The lowest BCUT2D eigenvalue weighted by Crippen LogP contribution is -2.20. The third-order valence-electron chi connectivity index (χ3n) is 3.27. The fourth-order valence-corrected chi connectivity index (χ4v) is 2.21. The number of hydrogen-bond donors (Lipinski definition) is 2. The molecule has 0 saturated heterocycles. The number of pyridine rings is 1. The molecule has 1 aromatic heterocycles. The Morgan fingerprint density at radius 2 is 2.00 bits per heavy atom. The highest BCUT2D eigenvalue weighted by Crippen LogP contribution is 2.26. The molecule has 0 aliphatic rings. The number of nitrogens with zero attached hydrogens (tertiary/aromatic N) is 1. The molecule has 104 valence electrons. The van der Waals surface area contributed by atoms with Crippen LogP contribution < -0.4 is 10.6 Å². The molecule has 0 aliphatic heterocycles. The monoisotopic (exact) mass is 285 g/mol. The Labute approximate surface area is 125 Å². The summed E-state index contributed by atoms with van der Waals surface area (Å²) in [5.74, 6) is 0.500. The number of anilines is 2. The van der Waals surface area contributed by atoms with E-state index in [0.717, 1.165) is 17.8 Å². The van der Waals surface area contributed by atoms with Crippen molar-refractivity contribution < 1.29 is 0 Å². The Kier molecular flexibility index (Phi) is 5.07. The summed E-state index contributed by atoms with van der Waals surface area (Å²) in [6.45, 7) is 4.41. The van der Waals surface area contributed by atoms with Crippen LogP contribution in [0.5, 0.6) is 0 Å². The summed E-state index contributed by atoms with van der Waals surface area (Å²) in [4.78, 5) is 4.05. The molecule has 0 unspecified atom stereocenters.